The lowest BCUT2D eigenvalue weighted by molar-refractivity contribution is 0.101. The number of nitrogens with one attached hydrogen (secondary N) is 2. The Morgan fingerprint density at radius 1 is 0.917 bits per heavy atom. The molecular weight excluding hydrogens is 348 g/mol. The van der Waals surface area contributed by atoms with Crippen LogP contribution in [-0.4, -0.2) is 21.8 Å². The summed E-state index contributed by atoms with van der Waals surface area (Å²) in [6.45, 7) is 0. The Bertz CT molecular complexity index is 849. The van der Waals surface area contributed by atoms with Gasteiger partial charge < -0.3 is 5.32 Å². The van der Waals surface area contributed by atoms with E-state index in [2.05, 4.69) is 20.6 Å². The monoisotopic (exact) mass is 358 g/mol. The van der Waals surface area contributed by atoms with Crippen LogP contribution in [0.3, 0.4) is 0 Å². The van der Waals surface area contributed by atoms with E-state index in [1.807, 2.05) is 0 Å². The molecule has 0 radical (unpaired) electrons. The molecule has 0 aliphatic rings. The van der Waals surface area contributed by atoms with Crippen molar-refractivity contribution in [3.63, 3.8) is 0 Å². The molecule has 2 N–H and O–H groups in total. The van der Waals surface area contributed by atoms with Gasteiger partial charge in [-0.25, -0.2) is 9.97 Å². The number of halogens is 1. The molecule has 0 saturated heterocycles. The van der Waals surface area contributed by atoms with Gasteiger partial charge in [-0.05, 0) is 36.4 Å². The lowest BCUT2D eigenvalue weighted by Crippen LogP contribution is -2.13. The maximum atomic E-state index is 12.1. The summed E-state index contributed by atoms with van der Waals surface area (Å²) in [5.41, 5.74) is 1.43. The number of carbonyl (C=O) groups excluding carboxylic acids is 2. The van der Waals surface area contributed by atoms with Crippen molar-refractivity contribution < 1.29 is 9.59 Å². The van der Waals surface area contributed by atoms with E-state index >= 15 is 0 Å². The number of anilines is 2. The van der Waals surface area contributed by atoms with Crippen LogP contribution >= 0.6 is 22.9 Å². The minimum atomic E-state index is -0.306. The summed E-state index contributed by atoms with van der Waals surface area (Å²) >= 11 is 7.03. The topological polar surface area (TPSA) is 84.0 Å². The normalized spacial score (nSPS) is 10.2. The maximum absolute atomic E-state index is 12.1. The molecular formula is C16H11ClN4O2S. The number of rotatable bonds is 4. The summed E-state index contributed by atoms with van der Waals surface area (Å²) in [6.07, 6.45) is 3.01. The Morgan fingerprint density at radius 2 is 1.62 bits per heavy atom. The maximum Gasteiger partial charge on any atom is 0.257 e. The van der Waals surface area contributed by atoms with Crippen LogP contribution in [0.4, 0.5) is 10.8 Å². The van der Waals surface area contributed by atoms with E-state index in [0.717, 1.165) is 0 Å². The first-order chi connectivity index (χ1) is 11.6. The van der Waals surface area contributed by atoms with Gasteiger partial charge in [0.25, 0.3) is 11.8 Å². The second-order valence-electron chi connectivity index (χ2n) is 4.69. The number of thiazole rings is 1. The number of nitrogens with zero attached hydrogens (tertiary/aromatic N) is 2. The van der Waals surface area contributed by atoms with Gasteiger partial charge in [0.05, 0.1) is 5.56 Å². The molecule has 1 aromatic carbocycles. The highest BCUT2D eigenvalue weighted by molar-refractivity contribution is 7.13. The van der Waals surface area contributed by atoms with Crippen LogP contribution in [0.1, 0.15) is 20.7 Å². The highest BCUT2D eigenvalue weighted by Crippen LogP contribution is 2.15. The van der Waals surface area contributed by atoms with Crippen LogP contribution in [0, 0.1) is 0 Å². The zero-order chi connectivity index (χ0) is 16.9. The molecule has 0 aliphatic carbocycles. The van der Waals surface area contributed by atoms with Gasteiger partial charge in [0.2, 0.25) is 0 Å². The molecule has 0 fully saturated rings. The molecule has 0 bridgehead atoms. The van der Waals surface area contributed by atoms with Gasteiger partial charge in [0.15, 0.2) is 5.13 Å². The first kappa shape index (κ1) is 16.1. The van der Waals surface area contributed by atoms with Crippen molar-refractivity contribution in [1.82, 2.24) is 9.97 Å². The molecule has 3 aromatic rings. The lowest BCUT2D eigenvalue weighted by Gasteiger charge is -2.06. The van der Waals surface area contributed by atoms with E-state index in [-0.39, 0.29) is 11.8 Å². The number of benzene rings is 1. The third kappa shape index (κ3) is 3.95. The highest BCUT2D eigenvalue weighted by atomic mass is 35.5. The largest absolute Gasteiger partial charge is 0.322 e. The highest BCUT2D eigenvalue weighted by Gasteiger charge is 2.09. The van der Waals surface area contributed by atoms with E-state index in [1.165, 1.54) is 17.5 Å². The standard InChI is InChI=1S/C16H11ClN4O2S/c17-13-6-3-11(9-19-13)15(23)20-12-4-1-10(2-5-12)14(22)21-16-18-7-8-24-16/h1-9H,(H,20,23)(H,18,21,22). The second-order valence-corrected chi connectivity index (χ2v) is 5.97. The predicted octanol–water partition coefficient (Wildman–Crippen LogP) is 3.70. The van der Waals surface area contributed by atoms with Crippen LogP contribution in [0.5, 0.6) is 0 Å². The third-order valence-electron chi connectivity index (χ3n) is 3.05. The van der Waals surface area contributed by atoms with Gasteiger partial charge in [-0.1, -0.05) is 11.6 Å². The molecule has 2 aromatic heterocycles. The molecule has 0 atom stereocenters. The number of aromatic nitrogens is 2. The fraction of sp³-hybridized carbons (Fsp3) is 0. The average Bonchev–Trinajstić information content (AvgIpc) is 3.09. The molecule has 2 heterocycles. The van der Waals surface area contributed by atoms with Crippen LogP contribution in [-0.2, 0) is 0 Å². The van der Waals surface area contributed by atoms with E-state index in [9.17, 15) is 9.59 Å². The van der Waals surface area contributed by atoms with Crippen LogP contribution in [0.2, 0.25) is 5.15 Å². The Hall–Kier alpha value is -2.77. The predicted molar refractivity (Wildman–Crippen MR) is 93.7 cm³/mol. The summed E-state index contributed by atoms with van der Waals surface area (Å²) in [5, 5.41) is 8.05. The molecule has 2 amide bonds. The summed E-state index contributed by atoms with van der Waals surface area (Å²) in [4.78, 5) is 32.0. The number of pyridine rings is 1. The fourth-order valence-corrected chi connectivity index (χ4v) is 2.51. The summed E-state index contributed by atoms with van der Waals surface area (Å²) in [7, 11) is 0. The second kappa shape index (κ2) is 7.20. The SMILES string of the molecule is O=C(Nc1ccc(C(=O)Nc2nccs2)cc1)c1ccc(Cl)nc1. The minimum Gasteiger partial charge on any atom is -0.322 e. The number of amides is 2. The van der Waals surface area contributed by atoms with Gasteiger partial charge in [-0.3, -0.25) is 14.9 Å². The van der Waals surface area contributed by atoms with Crippen LogP contribution in [0.15, 0.2) is 54.2 Å². The van der Waals surface area contributed by atoms with Crippen LogP contribution < -0.4 is 10.6 Å². The van der Waals surface area contributed by atoms with Gasteiger partial charge in [0.1, 0.15) is 5.15 Å². The molecule has 0 saturated carbocycles. The lowest BCUT2D eigenvalue weighted by atomic mass is 10.2. The molecule has 24 heavy (non-hydrogen) atoms. The number of hydrogen-bond donors (Lipinski definition) is 2. The Morgan fingerprint density at radius 3 is 2.25 bits per heavy atom. The van der Waals surface area contributed by atoms with Crippen molar-refractivity contribution in [2.75, 3.05) is 10.6 Å². The molecule has 0 aliphatic heterocycles. The molecule has 3 rings (SSSR count). The van der Waals surface area contributed by atoms with Gasteiger partial charge >= 0.3 is 0 Å². The molecule has 0 spiro atoms. The zero-order valence-corrected chi connectivity index (χ0v) is 13.8. The zero-order valence-electron chi connectivity index (χ0n) is 12.2. The Balaban J connectivity index is 1.64. The van der Waals surface area contributed by atoms with E-state index in [0.29, 0.717) is 27.1 Å². The summed E-state index contributed by atoms with van der Waals surface area (Å²) in [6, 6.07) is 9.68. The van der Waals surface area contributed by atoms with Crippen molar-refractivity contribution in [2.24, 2.45) is 0 Å². The smallest absolute Gasteiger partial charge is 0.257 e. The van der Waals surface area contributed by atoms with Gasteiger partial charge in [0, 0.05) is 29.0 Å². The quantitative estimate of drug-likeness (QED) is 0.696. The van der Waals surface area contributed by atoms with Crippen molar-refractivity contribution in [3.05, 3.63) is 70.5 Å². The van der Waals surface area contributed by atoms with Gasteiger partial charge in [-0.15, -0.1) is 11.3 Å². The molecule has 120 valence electrons. The third-order valence-corrected chi connectivity index (χ3v) is 3.96. The number of hydrogen-bond acceptors (Lipinski definition) is 5. The minimum absolute atomic E-state index is 0.260. The first-order valence-corrected chi connectivity index (χ1v) is 8.11. The molecule has 0 unspecified atom stereocenters. The fourth-order valence-electron chi connectivity index (χ4n) is 1.87. The molecule has 8 heteroatoms. The van der Waals surface area contributed by atoms with E-state index < -0.39 is 0 Å². The van der Waals surface area contributed by atoms with E-state index in [1.54, 1.807) is 48.0 Å². The number of carbonyl (C=O) groups is 2. The van der Waals surface area contributed by atoms with E-state index in [4.69, 9.17) is 11.6 Å². The Kier molecular flexibility index (Phi) is 4.83. The van der Waals surface area contributed by atoms with Crippen molar-refractivity contribution >= 4 is 45.6 Å². The van der Waals surface area contributed by atoms with Crippen molar-refractivity contribution in [3.8, 4) is 0 Å². The summed E-state index contributed by atoms with van der Waals surface area (Å²) < 4.78 is 0. The van der Waals surface area contributed by atoms with Crippen molar-refractivity contribution in [1.29, 1.82) is 0 Å². The van der Waals surface area contributed by atoms with Crippen molar-refractivity contribution in [2.45, 2.75) is 0 Å². The van der Waals surface area contributed by atoms with Crippen LogP contribution in [0.25, 0.3) is 0 Å². The molecule has 6 nitrogen and oxygen atoms in total. The first-order valence-electron chi connectivity index (χ1n) is 6.85. The van der Waals surface area contributed by atoms with Gasteiger partial charge in [-0.2, -0.15) is 0 Å². The average molecular weight is 359 g/mol. The summed E-state index contributed by atoms with van der Waals surface area (Å²) in [5.74, 6) is -0.566. The Labute approximate surface area is 146 Å².